The van der Waals surface area contributed by atoms with Crippen LogP contribution in [0.4, 0.5) is 11.4 Å². The summed E-state index contributed by atoms with van der Waals surface area (Å²) in [6.45, 7) is 4.35. The van der Waals surface area contributed by atoms with Crippen LogP contribution in [0.2, 0.25) is 0 Å². The van der Waals surface area contributed by atoms with Gasteiger partial charge in [-0.25, -0.2) is 8.42 Å². The molecular weight excluding hydrogens is 402 g/mol. The molecule has 0 spiro atoms. The summed E-state index contributed by atoms with van der Waals surface area (Å²) < 4.78 is 25.5. The molecule has 0 aliphatic carbocycles. The Morgan fingerprint density at radius 2 is 1.70 bits per heavy atom. The highest BCUT2D eigenvalue weighted by Gasteiger charge is 2.28. The maximum atomic E-state index is 12.9. The number of hydrogen-bond donors (Lipinski definition) is 2. The summed E-state index contributed by atoms with van der Waals surface area (Å²) in [6, 6.07) is 14.9. The third-order valence-electron chi connectivity index (χ3n) is 4.82. The molecule has 3 rings (SSSR count). The van der Waals surface area contributed by atoms with Crippen LogP contribution in [0.3, 0.4) is 0 Å². The SMILES string of the molecule is CC(C)CC(=O)NC(C(=O)Nc1ccc(N2CCCS2(=O)=O)cc1)c1ccccc1. The van der Waals surface area contributed by atoms with Gasteiger partial charge in [0.05, 0.1) is 11.4 Å². The molecule has 0 bridgehead atoms. The number of benzene rings is 2. The van der Waals surface area contributed by atoms with Crippen LogP contribution in [-0.4, -0.2) is 32.5 Å². The van der Waals surface area contributed by atoms with Crippen molar-refractivity contribution in [1.29, 1.82) is 0 Å². The Morgan fingerprint density at radius 1 is 1.03 bits per heavy atom. The second-order valence-corrected chi connectivity index (χ2v) is 9.80. The molecule has 7 nitrogen and oxygen atoms in total. The van der Waals surface area contributed by atoms with Crippen LogP contribution in [0, 0.1) is 5.92 Å². The van der Waals surface area contributed by atoms with Crippen molar-refractivity contribution in [1.82, 2.24) is 5.32 Å². The van der Waals surface area contributed by atoms with Gasteiger partial charge in [-0.3, -0.25) is 13.9 Å². The Hall–Kier alpha value is -2.87. The quantitative estimate of drug-likeness (QED) is 0.707. The maximum Gasteiger partial charge on any atom is 0.251 e. The summed E-state index contributed by atoms with van der Waals surface area (Å²) in [4.78, 5) is 25.2. The van der Waals surface area contributed by atoms with Gasteiger partial charge in [0.25, 0.3) is 5.91 Å². The van der Waals surface area contributed by atoms with E-state index in [0.717, 1.165) is 0 Å². The van der Waals surface area contributed by atoms with E-state index in [4.69, 9.17) is 0 Å². The number of amides is 2. The lowest BCUT2D eigenvalue weighted by atomic mass is 10.0. The van der Waals surface area contributed by atoms with E-state index < -0.39 is 16.1 Å². The topological polar surface area (TPSA) is 95.6 Å². The van der Waals surface area contributed by atoms with Crippen LogP contribution < -0.4 is 14.9 Å². The monoisotopic (exact) mass is 429 g/mol. The van der Waals surface area contributed by atoms with Crippen molar-refractivity contribution in [3.05, 3.63) is 60.2 Å². The lowest BCUT2D eigenvalue weighted by Crippen LogP contribution is -2.37. The standard InChI is InChI=1S/C22H27N3O4S/c1-16(2)15-20(26)24-21(17-7-4-3-5-8-17)22(27)23-18-9-11-19(12-10-18)25-13-6-14-30(25,28)29/h3-5,7-12,16,21H,6,13-15H2,1-2H3,(H,23,27)(H,24,26). The zero-order valence-corrected chi connectivity index (χ0v) is 18.0. The first-order chi connectivity index (χ1) is 14.3. The molecule has 160 valence electrons. The summed E-state index contributed by atoms with van der Waals surface area (Å²) in [5.74, 6) is -0.220. The Labute approximate surface area is 177 Å². The molecule has 2 aromatic carbocycles. The number of anilines is 2. The van der Waals surface area contributed by atoms with Crippen LogP contribution in [-0.2, 0) is 19.6 Å². The Bertz CT molecular complexity index is 989. The van der Waals surface area contributed by atoms with E-state index in [2.05, 4.69) is 10.6 Å². The highest BCUT2D eigenvalue weighted by Crippen LogP contribution is 2.26. The summed E-state index contributed by atoms with van der Waals surface area (Å²) in [5, 5.41) is 5.63. The van der Waals surface area contributed by atoms with Crippen molar-refractivity contribution >= 4 is 33.2 Å². The minimum atomic E-state index is -3.25. The predicted octanol–water partition coefficient (Wildman–Crippen LogP) is 3.07. The third kappa shape index (κ3) is 5.38. The molecule has 8 heteroatoms. The summed E-state index contributed by atoms with van der Waals surface area (Å²) >= 11 is 0. The van der Waals surface area contributed by atoms with Crippen molar-refractivity contribution in [2.45, 2.75) is 32.7 Å². The van der Waals surface area contributed by atoms with E-state index in [1.165, 1.54) is 4.31 Å². The van der Waals surface area contributed by atoms with Gasteiger partial charge in [-0.1, -0.05) is 44.2 Å². The number of nitrogens with one attached hydrogen (secondary N) is 2. The third-order valence-corrected chi connectivity index (χ3v) is 6.69. The van der Waals surface area contributed by atoms with Gasteiger partial charge in [-0.15, -0.1) is 0 Å². The number of hydrogen-bond acceptors (Lipinski definition) is 4. The zero-order chi connectivity index (χ0) is 21.7. The lowest BCUT2D eigenvalue weighted by Gasteiger charge is -2.20. The molecule has 2 aromatic rings. The van der Waals surface area contributed by atoms with Crippen LogP contribution in [0.5, 0.6) is 0 Å². The molecular formula is C22H27N3O4S. The van der Waals surface area contributed by atoms with E-state index in [1.54, 1.807) is 36.4 Å². The van der Waals surface area contributed by atoms with E-state index in [1.807, 2.05) is 32.0 Å². The molecule has 1 aliphatic heterocycles. The van der Waals surface area contributed by atoms with Crippen LogP contribution in [0.15, 0.2) is 54.6 Å². The van der Waals surface area contributed by atoms with Crippen molar-refractivity contribution in [3.63, 3.8) is 0 Å². The molecule has 30 heavy (non-hydrogen) atoms. The first-order valence-corrected chi connectivity index (χ1v) is 11.6. The first-order valence-electron chi connectivity index (χ1n) is 10.0. The average molecular weight is 430 g/mol. The molecule has 1 aliphatic rings. The smallest absolute Gasteiger partial charge is 0.251 e. The van der Waals surface area contributed by atoms with Gasteiger partial charge in [0.15, 0.2) is 0 Å². The minimum Gasteiger partial charge on any atom is -0.341 e. The number of nitrogens with zero attached hydrogens (tertiary/aromatic N) is 1. The van der Waals surface area contributed by atoms with E-state index in [9.17, 15) is 18.0 Å². The highest BCUT2D eigenvalue weighted by molar-refractivity contribution is 7.93. The number of carbonyl (C=O) groups is 2. The fourth-order valence-corrected chi connectivity index (χ4v) is 4.96. The Kier molecular flexibility index (Phi) is 6.77. The minimum absolute atomic E-state index is 0.153. The number of rotatable bonds is 7. The molecule has 1 unspecified atom stereocenters. The van der Waals surface area contributed by atoms with Crippen molar-refractivity contribution in [3.8, 4) is 0 Å². The van der Waals surface area contributed by atoms with Crippen LogP contribution in [0.1, 0.15) is 38.3 Å². The largest absolute Gasteiger partial charge is 0.341 e. The zero-order valence-electron chi connectivity index (χ0n) is 17.2. The number of carbonyl (C=O) groups excluding carboxylic acids is 2. The molecule has 0 aromatic heterocycles. The van der Waals surface area contributed by atoms with Gasteiger partial charge >= 0.3 is 0 Å². The highest BCUT2D eigenvalue weighted by atomic mass is 32.2. The van der Waals surface area contributed by atoms with Gasteiger partial charge in [0.1, 0.15) is 6.04 Å². The van der Waals surface area contributed by atoms with Crippen molar-refractivity contribution in [2.24, 2.45) is 5.92 Å². The fourth-order valence-electron chi connectivity index (χ4n) is 3.39. The molecule has 2 amide bonds. The van der Waals surface area contributed by atoms with E-state index in [-0.39, 0.29) is 23.5 Å². The van der Waals surface area contributed by atoms with Gasteiger partial charge in [-0.05, 0) is 42.2 Å². The van der Waals surface area contributed by atoms with Crippen molar-refractivity contribution < 1.29 is 18.0 Å². The molecule has 0 saturated carbocycles. The van der Waals surface area contributed by atoms with Crippen LogP contribution in [0.25, 0.3) is 0 Å². The molecule has 1 heterocycles. The van der Waals surface area contributed by atoms with Gasteiger partial charge < -0.3 is 10.6 Å². The van der Waals surface area contributed by atoms with Gasteiger partial charge in [0.2, 0.25) is 15.9 Å². The van der Waals surface area contributed by atoms with Gasteiger partial charge in [-0.2, -0.15) is 0 Å². The summed E-state index contributed by atoms with van der Waals surface area (Å²) in [7, 11) is -3.25. The molecule has 1 fully saturated rings. The Morgan fingerprint density at radius 3 is 2.27 bits per heavy atom. The van der Waals surface area contributed by atoms with Crippen LogP contribution >= 0.6 is 0 Å². The summed E-state index contributed by atoms with van der Waals surface area (Å²) in [6.07, 6.45) is 0.936. The van der Waals surface area contributed by atoms with E-state index in [0.29, 0.717) is 36.3 Å². The maximum absolute atomic E-state index is 12.9. The van der Waals surface area contributed by atoms with Gasteiger partial charge in [0, 0.05) is 18.7 Å². The number of sulfonamides is 1. The second kappa shape index (κ2) is 9.30. The summed E-state index contributed by atoms with van der Waals surface area (Å²) in [5.41, 5.74) is 1.79. The Balaban J connectivity index is 1.74. The first kappa shape index (κ1) is 21.8. The van der Waals surface area contributed by atoms with E-state index >= 15 is 0 Å². The molecule has 2 N–H and O–H groups in total. The normalized spacial score (nSPS) is 16.3. The average Bonchev–Trinajstić information content (AvgIpc) is 3.06. The molecule has 0 radical (unpaired) electrons. The fraction of sp³-hybridized carbons (Fsp3) is 0.364. The second-order valence-electron chi connectivity index (χ2n) is 7.79. The molecule has 1 saturated heterocycles. The predicted molar refractivity (Wildman–Crippen MR) is 118 cm³/mol. The lowest BCUT2D eigenvalue weighted by molar-refractivity contribution is -0.127. The van der Waals surface area contributed by atoms with Crippen molar-refractivity contribution in [2.75, 3.05) is 21.9 Å². The molecule has 1 atom stereocenters.